The van der Waals surface area contributed by atoms with Crippen molar-refractivity contribution in [2.45, 2.75) is 32.1 Å². The Morgan fingerprint density at radius 3 is 2.56 bits per heavy atom. The largest absolute Gasteiger partial charge is 0.476 e. The number of hydrogen-bond acceptors (Lipinski definition) is 5. The van der Waals surface area contributed by atoms with Gasteiger partial charge in [-0.3, -0.25) is 9.89 Å². The molecule has 7 nitrogen and oxygen atoms in total. The third kappa shape index (κ3) is 6.41. The topological polar surface area (TPSA) is 83.1 Å². The molecule has 1 aliphatic heterocycles. The van der Waals surface area contributed by atoms with E-state index < -0.39 is 0 Å². The molecule has 0 atom stereocenters. The summed E-state index contributed by atoms with van der Waals surface area (Å²) in [4.78, 5) is 18.7. The van der Waals surface area contributed by atoms with Crippen LogP contribution >= 0.6 is 0 Å². The highest BCUT2D eigenvalue weighted by Crippen LogP contribution is 2.45. The Bertz CT molecular complexity index is 1510. The van der Waals surface area contributed by atoms with Crippen molar-refractivity contribution in [1.82, 2.24) is 25.4 Å². The fourth-order valence-corrected chi connectivity index (χ4v) is 5.70. The van der Waals surface area contributed by atoms with Crippen LogP contribution in [0.1, 0.15) is 48.8 Å². The lowest BCUT2D eigenvalue weighted by molar-refractivity contribution is -0.125. The van der Waals surface area contributed by atoms with Crippen LogP contribution in [0.15, 0.2) is 85.2 Å². The Kier molecular flexibility index (Phi) is 8.52. The molecule has 210 valence electrons. The quantitative estimate of drug-likeness (QED) is 0.140. The predicted octanol–water partition coefficient (Wildman–Crippen LogP) is 5.86. The van der Waals surface area contributed by atoms with Gasteiger partial charge in [0, 0.05) is 55.5 Å². The van der Waals surface area contributed by atoms with Crippen molar-refractivity contribution in [3.05, 3.63) is 102 Å². The molecular formula is C34H37N5O2. The van der Waals surface area contributed by atoms with E-state index in [0.29, 0.717) is 31.5 Å². The molecule has 2 aliphatic rings. The smallest absolute Gasteiger partial charge is 0.246 e. The van der Waals surface area contributed by atoms with Gasteiger partial charge < -0.3 is 15.0 Å². The molecule has 1 saturated heterocycles. The van der Waals surface area contributed by atoms with Crippen LogP contribution in [0.4, 0.5) is 0 Å². The van der Waals surface area contributed by atoms with Crippen LogP contribution in [0.25, 0.3) is 22.0 Å². The molecule has 0 spiro atoms. The number of carbonyl (C=O) groups is 1. The van der Waals surface area contributed by atoms with Crippen molar-refractivity contribution in [2.75, 3.05) is 32.8 Å². The minimum absolute atomic E-state index is 0.107. The highest BCUT2D eigenvalue weighted by Gasteiger charge is 2.27. The summed E-state index contributed by atoms with van der Waals surface area (Å²) < 4.78 is 5.93. The van der Waals surface area contributed by atoms with E-state index in [4.69, 9.17) is 9.72 Å². The van der Waals surface area contributed by atoms with Gasteiger partial charge in [-0.15, -0.1) is 0 Å². The number of aromatic nitrogens is 3. The Labute approximate surface area is 241 Å². The average molecular weight is 548 g/mol. The molecule has 1 aliphatic carbocycles. The van der Waals surface area contributed by atoms with Gasteiger partial charge in [0.25, 0.3) is 0 Å². The van der Waals surface area contributed by atoms with E-state index in [2.05, 4.69) is 70.1 Å². The van der Waals surface area contributed by atoms with Gasteiger partial charge in [0.15, 0.2) is 0 Å². The number of aromatic amines is 1. The van der Waals surface area contributed by atoms with Gasteiger partial charge in [0.05, 0.1) is 11.7 Å². The second-order valence-corrected chi connectivity index (χ2v) is 10.8. The van der Waals surface area contributed by atoms with Gasteiger partial charge in [-0.1, -0.05) is 48.9 Å². The Morgan fingerprint density at radius 1 is 0.976 bits per heavy atom. The van der Waals surface area contributed by atoms with Crippen LogP contribution in [0, 0.1) is 5.92 Å². The number of nitrogens with one attached hydrogen (secondary N) is 2. The molecule has 2 N–H and O–H groups in total. The molecule has 7 heteroatoms. The standard InChI is InChI=1S/C34H37N5O2/c40-32(39-19-4-5-20-39)12-7-17-35-18-21-41-31-16-14-28(23-36-31)34(27-13-15-30-29(22-27)24-37-38-30)33(26-10-6-11-26)25-8-2-1-3-9-25/h1-3,7-9,12-16,22-24,26,35H,4-6,10-11,17-21H2,(H,37,38)/b12-7+,34-33-. The van der Waals surface area contributed by atoms with Crippen LogP contribution in [-0.2, 0) is 4.79 Å². The van der Waals surface area contributed by atoms with Crippen molar-refractivity contribution >= 4 is 28.0 Å². The first kappa shape index (κ1) is 27.0. The normalized spacial score (nSPS) is 16.2. The molecule has 4 aromatic rings. The predicted molar refractivity (Wildman–Crippen MR) is 163 cm³/mol. The summed E-state index contributed by atoms with van der Waals surface area (Å²) in [7, 11) is 0. The number of H-pyrrole nitrogens is 1. The Hall–Kier alpha value is -4.23. The van der Waals surface area contributed by atoms with Crippen molar-refractivity contribution in [2.24, 2.45) is 5.92 Å². The summed E-state index contributed by atoms with van der Waals surface area (Å²) in [5.41, 5.74) is 7.15. The van der Waals surface area contributed by atoms with E-state index in [1.165, 1.54) is 41.5 Å². The molecule has 3 heterocycles. The lowest BCUT2D eigenvalue weighted by Gasteiger charge is -2.31. The molecule has 0 unspecified atom stereocenters. The number of rotatable bonds is 11. The lowest BCUT2D eigenvalue weighted by atomic mass is 9.73. The number of hydrogen-bond donors (Lipinski definition) is 2. The maximum atomic E-state index is 12.1. The van der Waals surface area contributed by atoms with Crippen LogP contribution in [0.5, 0.6) is 5.88 Å². The van der Waals surface area contributed by atoms with E-state index in [1.807, 2.05) is 29.4 Å². The van der Waals surface area contributed by atoms with Gasteiger partial charge in [0.1, 0.15) is 6.61 Å². The van der Waals surface area contributed by atoms with Gasteiger partial charge in [-0.05, 0) is 72.1 Å². The third-order valence-corrected chi connectivity index (χ3v) is 8.09. The first-order chi connectivity index (χ1) is 20.3. The first-order valence-corrected chi connectivity index (χ1v) is 14.7. The van der Waals surface area contributed by atoms with Crippen molar-refractivity contribution in [1.29, 1.82) is 0 Å². The summed E-state index contributed by atoms with van der Waals surface area (Å²) in [6.45, 7) is 3.55. The molecule has 1 saturated carbocycles. The van der Waals surface area contributed by atoms with Crippen molar-refractivity contribution in [3.63, 3.8) is 0 Å². The molecule has 2 aromatic heterocycles. The minimum atomic E-state index is 0.107. The number of benzene rings is 2. The number of nitrogens with zero attached hydrogens (tertiary/aromatic N) is 3. The van der Waals surface area contributed by atoms with Crippen LogP contribution in [0.2, 0.25) is 0 Å². The summed E-state index contributed by atoms with van der Waals surface area (Å²) in [5.74, 6) is 1.23. The second kappa shape index (κ2) is 13.0. The monoisotopic (exact) mass is 547 g/mol. The molecule has 0 radical (unpaired) electrons. The van der Waals surface area contributed by atoms with Gasteiger partial charge in [0.2, 0.25) is 11.8 Å². The molecule has 1 amide bonds. The zero-order valence-corrected chi connectivity index (χ0v) is 23.4. The van der Waals surface area contributed by atoms with Gasteiger partial charge in [-0.25, -0.2) is 4.98 Å². The maximum absolute atomic E-state index is 12.1. The number of amides is 1. The number of carbonyl (C=O) groups excluding carboxylic acids is 1. The van der Waals surface area contributed by atoms with Gasteiger partial charge >= 0.3 is 0 Å². The number of fused-ring (bicyclic) bond motifs is 1. The Balaban J connectivity index is 1.16. The molecule has 41 heavy (non-hydrogen) atoms. The maximum Gasteiger partial charge on any atom is 0.246 e. The SMILES string of the molecule is O=C(/C=C/CNCCOc1ccc(/C(=C(/c2ccccc2)C2CCC2)c2ccc3[nH]ncc3c2)cn1)N1CCCC1. The minimum Gasteiger partial charge on any atom is -0.476 e. The third-order valence-electron chi connectivity index (χ3n) is 8.09. The number of ether oxygens (including phenoxy) is 1. The highest BCUT2D eigenvalue weighted by atomic mass is 16.5. The first-order valence-electron chi connectivity index (χ1n) is 14.7. The molecule has 2 fully saturated rings. The van der Waals surface area contributed by atoms with Gasteiger partial charge in [-0.2, -0.15) is 5.10 Å². The fraction of sp³-hybridized carbons (Fsp3) is 0.324. The summed E-state index contributed by atoms with van der Waals surface area (Å²) in [6, 6.07) is 21.4. The van der Waals surface area contributed by atoms with Crippen LogP contribution in [0.3, 0.4) is 0 Å². The zero-order valence-electron chi connectivity index (χ0n) is 23.4. The van der Waals surface area contributed by atoms with Crippen LogP contribution in [-0.4, -0.2) is 58.8 Å². The van der Waals surface area contributed by atoms with E-state index in [-0.39, 0.29) is 5.91 Å². The number of pyridine rings is 1. The van der Waals surface area contributed by atoms with E-state index in [1.54, 1.807) is 6.08 Å². The molecule has 0 bridgehead atoms. The molecular weight excluding hydrogens is 510 g/mol. The van der Waals surface area contributed by atoms with E-state index in [0.717, 1.165) is 42.4 Å². The fourth-order valence-electron chi connectivity index (χ4n) is 5.70. The second-order valence-electron chi connectivity index (χ2n) is 10.8. The summed E-state index contributed by atoms with van der Waals surface area (Å²) in [5, 5.41) is 11.7. The van der Waals surface area contributed by atoms with Crippen LogP contribution < -0.4 is 10.1 Å². The molecule has 2 aromatic carbocycles. The van der Waals surface area contributed by atoms with Crippen molar-refractivity contribution < 1.29 is 9.53 Å². The van der Waals surface area contributed by atoms with E-state index >= 15 is 0 Å². The number of allylic oxidation sites excluding steroid dienone is 1. The summed E-state index contributed by atoms with van der Waals surface area (Å²) >= 11 is 0. The summed E-state index contributed by atoms with van der Waals surface area (Å²) in [6.07, 6.45) is 13.2. The zero-order chi connectivity index (χ0) is 27.9. The van der Waals surface area contributed by atoms with Crippen molar-refractivity contribution in [3.8, 4) is 5.88 Å². The Morgan fingerprint density at radius 2 is 1.80 bits per heavy atom. The lowest BCUT2D eigenvalue weighted by Crippen LogP contribution is -2.26. The number of likely N-dealkylation sites (tertiary alicyclic amines) is 1. The average Bonchev–Trinajstić information content (AvgIpc) is 3.69. The molecule has 6 rings (SSSR count). The van der Waals surface area contributed by atoms with E-state index in [9.17, 15) is 4.79 Å². The highest BCUT2D eigenvalue weighted by molar-refractivity contribution is 6.01.